The molecule has 0 radical (unpaired) electrons. The molecule has 0 aliphatic carbocycles. The lowest BCUT2D eigenvalue weighted by molar-refractivity contribution is 0.139. The Morgan fingerprint density at radius 1 is 1.44 bits per heavy atom. The van der Waals surface area contributed by atoms with Crippen molar-refractivity contribution in [1.82, 2.24) is 15.1 Å². The van der Waals surface area contributed by atoms with Crippen LogP contribution in [0.15, 0.2) is 17.1 Å². The van der Waals surface area contributed by atoms with Crippen LogP contribution in [0.1, 0.15) is 25.7 Å². The lowest BCUT2D eigenvalue weighted by Crippen LogP contribution is -2.41. The number of fused-ring (bicyclic) bond motifs is 2. The van der Waals surface area contributed by atoms with Gasteiger partial charge in [0, 0.05) is 24.7 Å². The van der Waals surface area contributed by atoms with Crippen molar-refractivity contribution in [1.29, 1.82) is 0 Å². The highest BCUT2D eigenvalue weighted by Gasteiger charge is 2.37. The van der Waals surface area contributed by atoms with Crippen LogP contribution < -0.4 is 10.9 Å². The number of aromatic amines is 1. The maximum Gasteiger partial charge on any atom is 0.266 e. The van der Waals surface area contributed by atoms with Crippen molar-refractivity contribution >= 4 is 5.69 Å². The number of aromatic nitrogens is 2. The summed E-state index contributed by atoms with van der Waals surface area (Å²) >= 11 is 0. The van der Waals surface area contributed by atoms with Gasteiger partial charge in [-0.05, 0) is 38.6 Å². The standard InChI is InChI=1S/C13H20N4O/c1-17-11-2-3-12(17)5-9(4-11)7-14-10-6-13(18)16-15-8-10/h6,8-9,11-12H,2-5,7H2,1H3,(H2,14,16,18). The molecule has 3 rings (SSSR count). The summed E-state index contributed by atoms with van der Waals surface area (Å²) in [5.74, 6) is 0.720. The zero-order chi connectivity index (χ0) is 12.5. The van der Waals surface area contributed by atoms with E-state index in [4.69, 9.17) is 0 Å². The van der Waals surface area contributed by atoms with Crippen LogP contribution in [0.2, 0.25) is 0 Å². The summed E-state index contributed by atoms with van der Waals surface area (Å²) in [5, 5.41) is 9.52. The third-order valence-electron chi connectivity index (χ3n) is 4.46. The van der Waals surface area contributed by atoms with Gasteiger partial charge in [0.05, 0.1) is 11.9 Å². The van der Waals surface area contributed by atoms with Crippen molar-refractivity contribution < 1.29 is 0 Å². The van der Waals surface area contributed by atoms with Crippen molar-refractivity contribution in [2.75, 3.05) is 18.9 Å². The number of H-pyrrole nitrogens is 1. The highest BCUT2D eigenvalue weighted by molar-refractivity contribution is 5.38. The maximum absolute atomic E-state index is 11.1. The Kier molecular flexibility index (Phi) is 3.07. The Morgan fingerprint density at radius 2 is 2.17 bits per heavy atom. The topological polar surface area (TPSA) is 61.0 Å². The lowest BCUT2D eigenvalue weighted by atomic mass is 9.91. The van der Waals surface area contributed by atoms with Gasteiger partial charge in [0.15, 0.2) is 0 Å². The van der Waals surface area contributed by atoms with Crippen LogP contribution >= 0.6 is 0 Å². The molecule has 2 N–H and O–H groups in total. The highest BCUT2D eigenvalue weighted by Crippen LogP contribution is 2.37. The largest absolute Gasteiger partial charge is 0.383 e. The van der Waals surface area contributed by atoms with Gasteiger partial charge < -0.3 is 10.2 Å². The van der Waals surface area contributed by atoms with Crippen LogP contribution in [0.4, 0.5) is 5.69 Å². The van der Waals surface area contributed by atoms with Crippen LogP contribution in [0.3, 0.4) is 0 Å². The van der Waals surface area contributed by atoms with Crippen LogP contribution in [-0.4, -0.2) is 40.8 Å². The fourth-order valence-corrected chi connectivity index (χ4v) is 3.43. The first-order chi connectivity index (χ1) is 8.72. The molecule has 18 heavy (non-hydrogen) atoms. The number of nitrogens with zero attached hydrogens (tertiary/aromatic N) is 2. The maximum atomic E-state index is 11.1. The van der Waals surface area contributed by atoms with Gasteiger partial charge in [-0.3, -0.25) is 4.79 Å². The van der Waals surface area contributed by atoms with Gasteiger partial charge in [0.2, 0.25) is 0 Å². The minimum absolute atomic E-state index is 0.150. The second kappa shape index (κ2) is 4.72. The molecule has 1 aromatic rings. The van der Waals surface area contributed by atoms with Crippen LogP contribution in [-0.2, 0) is 0 Å². The molecule has 0 saturated carbocycles. The number of anilines is 1. The van der Waals surface area contributed by atoms with Crippen molar-refractivity contribution in [3.63, 3.8) is 0 Å². The summed E-state index contributed by atoms with van der Waals surface area (Å²) in [5.41, 5.74) is 0.675. The normalized spacial score (nSPS) is 31.5. The minimum Gasteiger partial charge on any atom is -0.383 e. The van der Waals surface area contributed by atoms with E-state index in [2.05, 4.69) is 27.5 Å². The molecule has 1 aromatic heterocycles. The van der Waals surface area contributed by atoms with Crippen LogP contribution in [0.25, 0.3) is 0 Å². The summed E-state index contributed by atoms with van der Waals surface area (Å²) in [6.45, 7) is 0.950. The quantitative estimate of drug-likeness (QED) is 0.839. The van der Waals surface area contributed by atoms with Crippen molar-refractivity contribution in [2.45, 2.75) is 37.8 Å². The second-order valence-corrected chi connectivity index (χ2v) is 5.60. The SMILES string of the molecule is CN1C2CCC1CC(CNc1cn[nH]c(=O)c1)C2. The zero-order valence-corrected chi connectivity index (χ0v) is 10.7. The van der Waals surface area contributed by atoms with E-state index in [1.807, 2.05) is 0 Å². The Hall–Kier alpha value is -1.36. The van der Waals surface area contributed by atoms with E-state index in [0.29, 0.717) is 0 Å². The Labute approximate surface area is 107 Å². The Balaban J connectivity index is 1.57. The van der Waals surface area contributed by atoms with E-state index < -0.39 is 0 Å². The van der Waals surface area contributed by atoms with Crippen LogP contribution in [0.5, 0.6) is 0 Å². The minimum atomic E-state index is -0.150. The third kappa shape index (κ3) is 2.27. The van der Waals surface area contributed by atoms with Gasteiger partial charge >= 0.3 is 0 Å². The predicted octanol–water partition coefficient (Wildman–Crippen LogP) is 1.05. The van der Waals surface area contributed by atoms with Crippen LogP contribution in [0, 0.1) is 5.92 Å². The molecular weight excluding hydrogens is 228 g/mol. The molecule has 0 amide bonds. The monoisotopic (exact) mass is 248 g/mol. The van der Waals surface area contributed by atoms with E-state index in [0.717, 1.165) is 30.2 Å². The molecular formula is C13H20N4O. The van der Waals surface area contributed by atoms with Gasteiger partial charge in [0.25, 0.3) is 5.56 Å². The second-order valence-electron chi connectivity index (χ2n) is 5.60. The Morgan fingerprint density at radius 3 is 2.83 bits per heavy atom. The molecule has 2 fully saturated rings. The summed E-state index contributed by atoms with van der Waals surface area (Å²) in [6.07, 6.45) is 6.92. The van der Waals surface area contributed by atoms with Gasteiger partial charge in [-0.1, -0.05) is 0 Å². The summed E-state index contributed by atoms with van der Waals surface area (Å²) in [4.78, 5) is 13.7. The number of hydrogen-bond donors (Lipinski definition) is 2. The Bertz CT molecular complexity index is 458. The van der Waals surface area contributed by atoms with Gasteiger partial charge in [-0.2, -0.15) is 5.10 Å². The summed E-state index contributed by atoms with van der Waals surface area (Å²) < 4.78 is 0. The van der Waals surface area contributed by atoms with Crippen molar-refractivity contribution in [2.24, 2.45) is 5.92 Å². The van der Waals surface area contributed by atoms with Crippen molar-refractivity contribution in [3.8, 4) is 0 Å². The van der Waals surface area contributed by atoms with E-state index in [1.165, 1.54) is 25.7 Å². The molecule has 5 heteroatoms. The average molecular weight is 248 g/mol. The van der Waals surface area contributed by atoms with E-state index in [9.17, 15) is 4.79 Å². The smallest absolute Gasteiger partial charge is 0.266 e. The molecule has 2 unspecified atom stereocenters. The van der Waals surface area contributed by atoms with Gasteiger partial charge in [0.1, 0.15) is 0 Å². The number of piperidine rings is 1. The fourth-order valence-electron chi connectivity index (χ4n) is 3.43. The molecule has 0 aromatic carbocycles. The molecule has 5 nitrogen and oxygen atoms in total. The predicted molar refractivity (Wildman–Crippen MR) is 70.6 cm³/mol. The number of hydrogen-bond acceptors (Lipinski definition) is 4. The summed E-state index contributed by atoms with van der Waals surface area (Å²) in [7, 11) is 2.26. The fraction of sp³-hybridized carbons (Fsp3) is 0.692. The average Bonchev–Trinajstić information content (AvgIpc) is 2.60. The summed E-state index contributed by atoms with van der Waals surface area (Å²) in [6, 6.07) is 3.11. The molecule has 0 spiro atoms. The molecule has 3 heterocycles. The molecule has 2 aliphatic heterocycles. The zero-order valence-electron chi connectivity index (χ0n) is 10.7. The highest BCUT2D eigenvalue weighted by atomic mass is 16.1. The molecule has 2 saturated heterocycles. The van der Waals surface area contributed by atoms with Gasteiger partial charge in [-0.25, -0.2) is 5.10 Å². The van der Waals surface area contributed by atoms with E-state index in [1.54, 1.807) is 12.3 Å². The molecule has 98 valence electrons. The van der Waals surface area contributed by atoms with Crippen molar-refractivity contribution in [3.05, 3.63) is 22.6 Å². The first-order valence-corrected chi connectivity index (χ1v) is 6.73. The molecule has 2 aliphatic rings. The number of rotatable bonds is 3. The molecule has 2 atom stereocenters. The van der Waals surface area contributed by atoms with E-state index >= 15 is 0 Å². The lowest BCUT2D eigenvalue weighted by Gasteiger charge is -2.36. The first-order valence-electron chi connectivity index (χ1n) is 6.73. The number of nitrogens with one attached hydrogen (secondary N) is 2. The van der Waals surface area contributed by atoms with E-state index in [-0.39, 0.29) is 5.56 Å². The van der Waals surface area contributed by atoms with Gasteiger partial charge in [-0.15, -0.1) is 0 Å². The first kappa shape index (κ1) is 11.7. The molecule has 2 bridgehead atoms. The third-order valence-corrected chi connectivity index (χ3v) is 4.46.